The summed E-state index contributed by atoms with van der Waals surface area (Å²) in [6.45, 7) is 6.18. The first-order valence-corrected chi connectivity index (χ1v) is 8.23. The van der Waals surface area contributed by atoms with E-state index in [9.17, 15) is 0 Å². The van der Waals surface area contributed by atoms with Crippen molar-refractivity contribution in [2.24, 2.45) is 5.92 Å². The molecule has 3 heterocycles. The lowest BCUT2D eigenvalue weighted by atomic mass is 9.89. The van der Waals surface area contributed by atoms with Crippen LogP contribution in [0.1, 0.15) is 43.5 Å². The number of nitrogens with one attached hydrogen (secondary N) is 1. The zero-order valence-electron chi connectivity index (χ0n) is 11.3. The standard InChI is InChI=1S/C15H24N2S/c1-12(15-7-4-10-18-15)17-9-3-5-13(11-17)14-6-2-8-16-14/h4,7,10,12-14,16H,2-3,5-6,8-9,11H2,1H3. The maximum atomic E-state index is 3.70. The lowest BCUT2D eigenvalue weighted by Gasteiger charge is -2.38. The van der Waals surface area contributed by atoms with E-state index in [1.807, 2.05) is 11.3 Å². The molecule has 18 heavy (non-hydrogen) atoms. The average molecular weight is 264 g/mol. The van der Waals surface area contributed by atoms with E-state index in [0.29, 0.717) is 6.04 Å². The summed E-state index contributed by atoms with van der Waals surface area (Å²) < 4.78 is 0. The number of thiophene rings is 1. The van der Waals surface area contributed by atoms with Gasteiger partial charge in [-0.25, -0.2) is 0 Å². The van der Waals surface area contributed by atoms with Gasteiger partial charge in [0.1, 0.15) is 0 Å². The molecule has 0 aliphatic carbocycles. The summed E-state index contributed by atoms with van der Waals surface area (Å²) in [6, 6.07) is 5.86. The topological polar surface area (TPSA) is 15.3 Å². The van der Waals surface area contributed by atoms with Crippen LogP contribution in [0.15, 0.2) is 17.5 Å². The predicted octanol–water partition coefficient (Wildman–Crippen LogP) is 3.27. The third-order valence-corrected chi connectivity index (χ3v) is 5.70. The maximum absolute atomic E-state index is 3.70. The Morgan fingerprint density at radius 1 is 1.39 bits per heavy atom. The second-order valence-corrected chi connectivity index (χ2v) is 6.77. The monoisotopic (exact) mass is 264 g/mol. The normalized spacial score (nSPS) is 31.6. The van der Waals surface area contributed by atoms with Crippen molar-refractivity contribution in [2.45, 2.75) is 44.7 Å². The van der Waals surface area contributed by atoms with Gasteiger partial charge in [0, 0.05) is 23.5 Å². The molecule has 1 aromatic rings. The number of hydrogen-bond donors (Lipinski definition) is 1. The minimum Gasteiger partial charge on any atom is -0.314 e. The van der Waals surface area contributed by atoms with Crippen LogP contribution in [0.25, 0.3) is 0 Å². The average Bonchev–Trinajstić information content (AvgIpc) is 3.11. The molecular formula is C15H24N2S. The van der Waals surface area contributed by atoms with Gasteiger partial charge in [-0.2, -0.15) is 0 Å². The van der Waals surface area contributed by atoms with Crippen LogP contribution in [0.3, 0.4) is 0 Å². The molecule has 3 atom stereocenters. The number of rotatable bonds is 3. The highest BCUT2D eigenvalue weighted by molar-refractivity contribution is 7.10. The molecule has 2 fully saturated rings. The van der Waals surface area contributed by atoms with Crippen molar-refractivity contribution in [2.75, 3.05) is 19.6 Å². The summed E-state index contributed by atoms with van der Waals surface area (Å²) in [4.78, 5) is 4.22. The van der Waals surface area contributed by atoms with Crippen LogP contribution < -0.4 is 5.32 Å². The molecule has 2 aliphatic rings. The fourth-order valence-corrected chi connectivity index (χ4v) is 4.36. The lowest BCUT2D eigenvalue weighted by molar-refractivity contribution is 0.116. The van der Waals surface area contributed by atoms with Crippen molar-refractivity contribution in [1.82, 2.24) is 10.2 Å². The van der Waals surface area contributed by atoms with Gasteiger partial charge >= 0.3 is 0 Å². The molecule has 0 bridgehead atoms. The van der Waals surface area contributed by atoms with Crippen molar-refractivity contribution >= 4 is 11.3 Å². The molecular weight excluding hydrogens is 240 g/mol. The van der Waals surface area contributed by atoms with Gasteiger partial charge in [-0.05, 0) is 63.1 Å². The van der Waals surface area contributed by atoms with E-state index in [0.717, 1.165) is 12.0 Å². The van der Waals surface area contributed by atoms with Crippen molar-refractivity contribution in [3.05, 3.63) is 22.4 Å². The number of piperidine rings is 1. The van der Waals surface area contributed by atoms with E-state index < -0.39 is 0 Å². The molecule has 1 aromatic heterocycles. The highest BCUT2D eigenvalue weighted by Crippen LogP contribution is 2.31. The Morgan fingerprint density at radius 2 is 2.33 bits per heavy atom. The maximum Gasteiger partial charge on any atom is 0.0413 e. The largest absolute Gasteiger partial charge is 0.314 e. The van der Waals surface area contributed by atoms with Crippen molar-refractivity contribution < 1.29 is 0 Å². The smallest absolute Gasteiger partial charge is 0.0413 e. The summed E-state index contributed by atoms with van der Waals surface area (Å²) >= 11 is 1.90. The molecule has 2 saturated heterocycles. The summed E-state index contributed by atoms with van der Waals surface area (Å²) in [5, 5.41) is 5.90. The second kappa shape index (κ2) is 5.72. The zero-order chi connectivity index (χ0) is 12.4. The Morgan fingerprint density at radius 3 is 3.06 bits per heavy atom. The third-order valence-electron chi connectivity index (χ3n) is 4.66. The minimum absolute atomic E-state index is 0.606. The van der Waals surface area contributed by atoms with Crippen LogP contribution in [0.2, 0.25) is 0 Å². The fourth-order valence-electron chi connectivity index (χ4n) is 3.54. The van der Waals surface area contributed by atoms with Gasteiger partial charge in [-0.3, -0.25) is 4.90 Å². The highest BCUT2D eigenvalue weighted by Gasteiger charge is 2.31. The Labute approximate surface area is 114 Å². The first kappa shape index (κ1) is 12.6. The number of hydrogen-bond acceptors (Lipinski definition) is 3. The Bertz CT molecular complexity index is 357. The highest BCUT2D eigenvalue weighted by atomic mass is 32.1. The minimum atomic E-state index is 0.606. The molecule has 2 nitrogen and oxygen atoms in total. The first-order valence-electron chi connectivity index (χ1n) is 7.35. The van der Waals surface area contributed by atoms with E-state index in [1.54, 1.807) is 0 Å². The van der Waals surface area contributed by atoms with Crippen molar-refractivity contribution in [1.29, 1.82) is 0 Å². The number of nitrogens with zero attached hydrogens (tertiary/aromatic N) is 1. The fraction of sp³-hybridized carbons (Fsp3) is 0.733. The van der Waals surface area contributed by atoms with E-state index in [2.05, 4.69) is 34.7 Å². The van der Waals surface area contributed by atoms with Gasteiger partial charge in [0.25, 0.3) is 0 Å². The zero-order valence-corrected chi connectivity index (χ0v) is 12.1. The predicted molar refractivity (Wildman–Crippen MR) is 78.1 cm³/mol. The van der Waals surface area contributed by atoms with Gasteiger partial charge in [-0.15, -0.1) is 11.3 Å². The molecule has 2 aliphatic heterocycles. The second-order valence-electron chi connectivity index (χ2n) is 5.79. The van der Waals surface area contributed by atoms with Gasteiger partial charge in [0.2, 0.25) is 0 Å². The SMILES string of the molecule is CC(c1cccs1)N1CCCC(C2CCCN2)C1. The summed E-state index contributed by atoms with van der Waals surface area (Å²) in [7, 11) is 0. The molecule has 3 heteroatoms. The third kappa shape index (κ3) is 2.63. The van der Waals surface area contributed by atoms with E-state index in [-0.39, 0.29) is 0 Å². The first-order chi connectivity index (χ1) is 8.84. The van der Waals surface area contributed by atoms with E-state index in [4.69, 9.17) is 0 Å². The van der Waals surface area contributed by atoms with Crippen molar-refractivity contribution in [3.63, 3.8) is 0 Å². The molecule has 3 rings (SSSR count). The summed E-state index contributed by atoms with van der Waals surface area (Å²) in [6.07, 6.45) is 5.57. The van der Waals surface area contributed by atoms with Crippen LogP contribution in [0.5, 0.6) is 0 Å². The molecule has 0 spiro atoms. The van der Waals surface area contributed by atoms with Gasteiger partial charge in [-0.1, -0.05) is 6.07 Å². The van der Waals surface area contributed by atoms with E-state index >= 15 is 0 Å². The Kier molecular flexibility index (Phi) is 4.02. The molecule has 0 saturated carbocycles. The van der Waals surface area contributed by atoms with Crippen LogP contribution in [-0.2, 0) is 0 Å². The Hall–Kier alpha value is -0.380. The molecule has 1 N–H and O–H groups in total. The van der Waals surface area contributed by atoms with E-state index in [1.165, 1.54) is 50.2 Å². The molecule has 0 aromatic carbocycles. The molecule has 100 valence electrons. The number of likely N-dealkylation sites (tertiary alicyclic amines) is 1. The van der Waals surface area contributed by atoms with Crippen LogP contribution in [0, 0.1) is 5.92 Å². The molecule has 0 radical (unpaired) electrons. The Balaban J connectivity index is 1.62. The van der Waals surface area contributed by atoms with Gasteiger partial charge < -0.3 is 5.32 Å². The van der Waals surface area contributed by atoms with Crippen LogP contribution in [0.4, 0.5) is 0 Å². The summed E-state index contributed by atoms with van der Waals surface area (Å²) in [5.41, 5.74) is 0. The molecule has 3 unspecified atom stereocenters. The van der Waals surface area contributed by atoms with Gasteiger partial charge in [0.05, 0.1) is 0 Å². The van der Waals surface area contributed by atoms with Crippen molar-refractivity contribution in [3.8, 4) is 0 Å². The summed E-state index contributed by atoms with van der Waals surface area (Å²) in [5.74, 6) is 0.878. The lowest BCUT2D eigenvalue weighted by Crippen LogP contribution is -2.44. The molecule has 0 amide bonds. The van der Waals surface area contributed by atoms with Crippen LogP contribution in [-0.4, -0.2) is 30.6 Å². The van der Waals surface area contributed by atoms with Gasteiger partial charge in [0.15, 0.2) is 0 Å². The quantitative estimate of drug-likeness (QED) is 0.901. The van der Waals surface area contributed by atoms with Crippen LogP contribution >= 0.6 is 11.3 Å².